The molecule has 0 aromatic carbocycles. The average Bonchev–Trinajstić information content (AvgIpc) is 2.78. The number of aromatic nitrogens is 2. The first-order valence-corrected chi connectivity index (χ1v) is 7.99. The molecule has 18 heavy (non-hydrogen) atoms. The Kier molecular flexibility index (Phi) is 4.15. The molecular formula is C9H17N5O2S2. The Morgan fingerprint density at radius 3 is 2.61 bits per heavy atom. The molecule has 2 rings (SSSR count). The molecule has 2 heterocycles. The average molecular weight is 291 g/mol. The minimum atomic E-state index is -3.49. The molecule has 9 heteroatoms. The highest BCUT2D eigenvalue weighted by molar-refractivity contribution is 7.90. The van der Waals surface area contributed by atoms with E-state index in [1.165, 1.54) is 25.4 Å². The predicted molar refractivity (Wildman–Crippen MR) is 71.0 cm³/mol. The maximum absolute atomic E-state index is 11.6. The van der Waals surface area contributed by atoms with Crippen molar-refractivity contribution in [1.82, 2.24) is 19.8 Å². The third-order valence-corrected chi connectivity index (χ3v) is 5.37. The van der Waals surface area contributed by atoms with E-state index in [9.17, 15) is 8.42 Å². The SMILES string of the molecule is CN(C)S(=O)(=O)Nc1nnc(C2CCNCC2)s1. The molecule has 1 aliphatic rings. The third-order valence-electron chi connectivity index (χ3n) is 2.83. The summed E-state index contributed by atoms with van der Waals surface area (Å²) >= 11 is 1.32. The molecule has 1 saturated heterocycles. The van der Waals surface area contributed by atoms with Gasteiger partial charge in [0.05, 0.1) is 0 Å². The second-order valence-electron chi connectivity index (χ2n) is 4.36. The number of nitrogens with zero attached hydrogens (tertiary/aromatic N) is 3. The normalized spacial score (nSPS) is 18.2. The molecule has 102 valence electrons. The van der Waals surface area contributed by atoms with Crippen LogP contribution in [0.15, 0.2) is 0 Å². The van der Waals surface area contributed by atoms with E-state index in [4.69, 9.17) is 0 Å². The number of rotatable bonds is 4. The summed E-state index contributed by atoms with van der Waals surface area (Å²) in [5.74, 6) is 0.390. The lowest BCUT2D eigenvalue weighted by Crippen LogP contribution is -2.28. The molecule has 0 unspecified atom stereocenters. The van der Waals surface area contributed by atoms with Crippen molar-refractivity contribution in [3.63, 3.8) is 0 Å². The van der Waals surface area contributed by atoms with E-state index in [0.29, 0.717) is 11.0 Å². The largest absolute Gasteiger partial charge is 0.317 e. The third kappa shape index (κ3) is 3.16. The molecule has 1 aromatic rings. The van der Waals surface area contributed by atoms with Crippen molar-refractivity contribution >= 4 is 26.7 Å². The van der Waals surface area contributed by atoms with Crippen LogP contribution in [0.1, 0.15) is 23.8 Å². The van der Waals surface area contributed by atoms with Crippen molar-refractivity contribution in [1.29, 1.82) is 0 Å². The molecule has 0 amide bonds. The van der Waals surface area contributed by atoms with Crippen LogP contribution in [-0.2, 0) is 10.2 Å². The first kappa shape index (κ1) is 13.7. The van der Waals surface area contributed by atoms with Crippen molar-refractivity contribution in [3.05, 3.63) is 5.01 Å². The van der Waals surface area contributed by atoms with Gasteiger partial charge in [-0.3, -0.25) is 0 Å². The Morgan fingerprint density at radius 1 is 1.33 bits per heavy atom. The second-order valence-corrected chi connectivity index (χ2v) is 7.25. The Bertz CT molecular complexity index is 493. The van der Waals surface area contributed by atoms with Gasteiger partial charge in [-0.25, -0.2) is 4.72 Å². The van der Waals surface area contributed by atoms with Crippen LogP contribution < -0.4 is 10.0 Å². The van der Waals surface area contributed by atoms with Gasteiger partial charge in [-0.05, 0) is 25.9 Å². The maximum Gasteiger partial charge on any atom is 0.302 e. The van der Waals surface area contributed by atoms with Gasteiger partial charge in [0.15, 0.2) is 0 Å². The van der Waals surface area contributed by atoms with Gasteiger partial charge in [0.1, 0.15) is 5.01 Å². The van der Waals surface area contributed by atoms with Crippen molar-refractivity contribution in [3.8, 4) is 0 Å². The molecule has 1 aromatic heterocycles. The van der Waals surface area contributed by atoms with Crippen LogP contribution in [0.5, 0.6) is 0 Å². The Labute approximate surface area is 111 Å². The maximum atomic E-state index is 11.6. The Hall–Kier alpha value is -0.770. The number of hydrogen-bond donors (Lipinski definition) is 2. The fourth-order valence-corrected chi connectivity index (χ4v) is 3.40. The van der Waals surface area contributed by atoms with E-state index in [1.807, 2.05) is 0 Å². The molecule has 0 atom stereocenters. The number of hydrogen-bond acceptors (Lipinski definition) is 6. The highest BCUT2D eigenvalue weighted by atomic mass is 32.2. The lowest BCUT2D eigenvalue weighted by molar-refractivity contribution is 0.457. The molecule has 0 bridgehead atoms. The van der Waals surface area contributed by atoms with Gasteiger partial charge in [0.2, 0.25) is 5.13 Å². The minimum absolute atomic E-state index is 0.331. The molecule has 7 nitrogen and oxygen atoms in total. The zero-order valence-electron chi connectivity index (χ0n) is 10.4. The molecule has 1 aliphatic heterocycles. The highest BCUT2D eigenvalue weighted by Gasteiger charge is 2.21. The minimum Gasteiger partial charge on any atom is -0.317 e. The topological polar surface area (TPSA) is 87.2 Å². The lowest BCUT2D eigenvalue weighted by Gasteiger charge is -2.19. The number of anilines is 1. The van der Waals surface area contributed by atoms with Crippen LogP contribution in [0.2, 0.25) is 0 Å². The standard InChI is InChI=1S/C9H17N5O2S2/c1-14(2)18(15,16)13-9-12-11-8(17-9)7-3-5-10-6-4-7/h7,10H,3-6H2,1-2H3,(H,12,13). The first-order valence-electron chi connectivity index (χ1n) is 5.73. The first-order chi connectivity index (χ1) is 8.49. The van der Waals surface area contributed by atoms with Crippen molar-refractivity contribution in [2.45, 2.75) is 18.8 Å². The van der Waals surface area contributed by atoms with Gasteiger partial charge >= 0.3 is 10.2 Å². The fraction of sp³-hybridized carbons (Fsp3) is 0.778. The number of piperidine rings is 1. The van der Waals surface area contributed by atoms with Gasteiger partial charge in [-0.1, -0.05) is 11.3 Å². The van der Waals surface area contributed by atoms with E-state index in [2.05, 4.69) is 20.2 Å². The summed E-state index contributed by atoms with van der Waals surface area (Å²) in [5.41, 5.74) is 0. The van der Waals surface area contributed by atoms with Crippen molar-refractivity contribution < 1.29 is 8.42 Å². The van der Waals surface area contributed by atoms with E-state index in [0.717, 1.165) is 35.2 Å². The van der Waals surface area contributed by atoms with Crippen molar-refractivity contribution in [2.75, 3.05) is 31.9 Å². The van der Waals surface area contributed by atoms with E-state index >= 15 is 0 Å². The summed E-state index contributed by atoms with van der Waals surface area (Å²) in [7, 11) is -0.551. The summed E-state index contributed by atoms with van der Waals surface area (Å²) < 4.78 is 26.8. The molecular weight excluding hydrogens is 274 g/mol. The van der Waals surface area contributed by atoms with Gasteiger partial charge < -0.3 is 5.32 Å². The van der Waals surface area contributed by atoms with Crippen LogP contribution >= 0.6 is 11.3 Å². The van der Waals surface area contributed by atoms with Crippen LogP contribution in [0.3, 0.4) is 0 Å². The van der Waals surface area contributed by atoms with Gasteiger partial charge in [0.25, 0.3) is 0 Å². The quantitative estimate of drug-likeness (QED) is 0.829. The predicted octanol–water partition coefficient (Wildman–Crippen LogP) is 0.223. The van der Waals surface area contributed by atoms with Crippen LogP contribution in [-0.4, -0.2) is 50.1 Å². The van der Waals surface area contributed by atoms with Crippen LogP contribution in [0.4, 0.5) is 5.13 Å². The lowest BCUT2D eigenvalue weighted by atomic mass is 9.99. The summed E-state index contributed by atoms with van der Waals surface area (Å²) in [4.78, 5) is 0. The molecule has 0 spiro atoms. The Balaban J connectivity index is 2.06. The fourth-order valence-electron chi connectivity index (χ4n) is 1.71. The molecule has 0 aliphatic carbocycles. The summed E-state index contributed by atoms with van der Waals surface area (Å²) in [6.45, 7) is 1.95. The smallest absolute Gasteiger partial charge is 0.302 e. The zero-order valence-corrected chi connectivity index (χ0v) is 12.0. The molecule has 2 N–H and O–H groups in total. The van der Waals surface area contributed by atoms with E-state index < -0.39 is 10.2 Å². The molecule has 0 radical (unpaired) electrons. The van der Waals surface area contributed by atoms with Gasteiger partial charge in [-0.2, -0.15) is 12.7 Å². The van der Waals surface area contributed by atoms with Crippen LogP contribution in [0.25, 0.3) is 0 Å². The van der Waals surface area contributed by atoms with E-state index in [1.54, 1.807) is 0 Å². The highest BCUT2D eigenvalue weighted by Crippen LogP contribution is 2.29. The summed E-state index contributed by atoms with van der Waals surface area (Å²) in [6, 6.07) is 0. The number of nitrogens with one attached hydrogen (secondary N) is 2. The van der Waals surface area contributed by atoms with Gasteiger partial charge in [-0.15, -0.1) is 10.2 Å². The molecule has 1 fully saturated rings. The van der Waals surface area contributed by atoms with E-state index in [-0.39, 0.29) is 0 Å². The van der Waals surface area contributed by atoms with Crippen LogP contribution in [0, 0.1) is 0 Å². The summed E-state index contributed by atoms with van der Waals surface area (Å²) in [6.07, 6.45) is 2.05. The summed E-state index contributed by atoms with van der Waals surface area (Å²) in [5, 5.41) is 12.5. The monoisotopic (exact) mass is 291 g/mol. The Morgan fingerprint density at radius 2 is 2.00 bits per heavy atom. The molecule has 0 saturated carbocycles. The van der Waals surface area contributed by atoms with Gasteiger partial charge in [0, 0.05) is 20.0 Å². The second kappa shape index (κ2) is 5.47. The zero-order chi connectivity index (χ0) is 13.2. The van der Waals surface area contributed by atoms with Crippen molar-refractivity contribution in [2.24, 2.45) is 0 Å².